The molecule has 0 atom stereocenters. The van der Waals surface area contributed by atoms with Gasteiger partial charge in [0.15, 0.2) is 0 Å². The molecule has 0 amide bonds. The van der Waals surface area contributed by atoms with E-state index in [2.05, 4.69) is 13.8 Å². The molecular weight excluding hydrogens is 124 g/mol. The molecule has 0 aliphatic carbocycles. The van der Waals surface area contributed by atoms with E-state index in [4.69, 9.17) is 0 Å². The average molecular weight is 144 g/mol. The molecule has 0 aliphatic heterocycles. The van der Waals surface area contributed by atoms with Gasteiger partial charge < -0.3 is 4.79 Å². The predicted molar refractivity (Wildman–Crippen MR) is 46.1 cm³/mol. The zero-order valence-electron chi connectivity index (χ0n) is 7.90. The van der Waals surface area contributed by atoms with E-state index >= 15 is 0 Å². The van der Waals surface area contributed by atoms with Gasteiger partial charge in [0, 0.05) is 5.41 Å². The van der Waals surface area contributed by atoms with Crippen molar-refractivity contribution in [2.24, 2.45) is 5.41 Å². The Bertz CT molecular complexity index is 74.8. The van der Waals surface area contributed by atoms with Gasteiger partial charge in [0.25, 0.3) is 0 Å². The SMILES string of the molecule is CCC.CCC(C)(C)C=O. The van der Waals surface area contributed by atoms with E-state index < -0.39 is 0 Å². The highest BCUT2D eigenvalue weighted by atomic mass is 16.1. The number of carbonyl (C=O) groups excluding carboxylic acids is 1. The van der Waals surface area contributed by atoms with Gasteiger partial charge >= 0.3 is 0 Å². The second-order valence-corrected chi connectivity index (χ2v) is 3.17. The lowest BCUT2D eigenvalue weighted by atomic mass is 9.93. The monoisotopic (exact) mass is 144 g/mol. The molecule has 0 aromatic carbocycles. The van der Waals surface area contributed by atoms with Crippen LogP contribution in [0.1, 0.15) is 47.5 Å². The van der Waals surface area contributed by atoms with Crippen LogP contribution in [0.3, 0.4) is 0 Å². The third kappa shape index (κ3) is 10.6. The molecule has 0 saturated carbocycles. The van der Waals surface area contributed by atoms with Crippen molar-refractivity contribution >= 4 is 6.29 Å². The zero-order chi connectivity index (χ0) is 8.62. The highest BCUT2D eigenvalue weighted by Gasteiger charge is 2.11. The first kappa shape index (κ1) is 12.4. The fraction of sp³-hybridized carbons (Fsp3) is 0.889. The summed E-state index contributed by atoms with van der Waals surface area (Å²) in [4.78, 5) is 10.1. The van der Waals surface area contributed by atoms with Crippen LogP contribution in [0, 0.1) is 5.41 Å². The van der Waals surface area contributed by atoms with Gasteiger partial charge in [-0.25, -0.2) is 0 Å². The lowest BCUT2D eigenvalue weighted by Crippen LogP contribution is -2.09. The molecule has 62 valence electrons. The minimum absolute atomic E-state index is 0.0972. The van der Waals surface area contributed by atoms with Crippen LogP contribution in [0.5, 0.6) is 0 Å². The summed E-state index contributed by atoms with van der Waals surface area (Å²) in [6, 6.07) is 0. The Hall–Kier alpha value is -0.330. The molecule has 0 fully saturated rings. The Morgan fingerprint density at radius 3 is 1.50 bits per heavy atom. The minimum atomic E-state index is -0.0972. The fourth-order valence-corrected chi connectivity index (χ4v) is 0.0833. The Labute approximate surface area is 64.8 Å². The van der Waals surface area contributed by atoms with Crippen molar-refractivity contribution in [3.05, 3.63) is 0 Å². The number of hydrogen-bond acceptors (Lipinski definition) is 1. The molecule has 0 aromatic rings. The van der Waals surface area contributed by atoms with Crippen LogP contribution in [-0.2, 0) is 4.79 Å². The predicted octanol–water partition coefficient (Wildman–Crippen LogP) is 3.04. The number of hydrogen-bond donors (Lipinski definition) is 0. The fourth-order valence-electron chi connectivity index (χ4n) is 0.0833. The minimum Gasteiger partial charge on any atom is -0.303 e. The van der Waals surface area contributed by atoms with Crippen molar-refractivity contribution < 1.29 is 4.79 Å². The molecule has 0 bridgehead atoms. The van der Waals surface area contributed by atoms with Gasteiger partial charge in [-0.3, -0.25) is 0 Å². The van der Waals surface area contributed by atoms with E-state index in [-0.39, 0.29) is 5.41 Å². The third-order valence-electron chi connectivity index (χ3n) is 1.23. The maximum absolute atomic E-state index is 10.1. The summed E-state index contributed by atoms with van der Waals surface area (Å²) in [5.41, 5.74) is -0.0972. The second-order valence-electron chi connectivity index (χ2n) is 3.17. The summed E-state index contributed by atoms with van der Waals surface area (Å²) >= 11 is 0. The topological polar surface area (TPSA) is 17.1 Å². The first-order chi connectivity index (χ1) is 4.54. The molecule has 0 aliphatic rings. The van der Waals surface area contributed by atoms with Crippen molar-refractivity contribution in [2.45, 2.75) is 47.5 Å². The van der Waals surface area contributed by atoms with Crippen molar-refractivity contribution in [1.29, 1.82) is 0 Å². The molecule has 10 heavy (non-hydrogen) atoms. The summed E-state index contributed by atoms with van der Waals surface area (Å²) in [5.74, 6) is 0. The molecule has 0 aromatic heterocycles. The molecule has 0 rings (SSSR count). The standard InChI is InChI=1S/C6H12O.C3H8/c1-4-6(2,3)5-7;1-3-2/h5H,4H2,1-3H3;3H2,1-2H3. The molecule has 0 saturated heterocycles. The highest BCUT2D eigenvalue weighted by molar-refractivity contribution is 5.57. The van der Waals surface area contributed by atoms with E-state index in [1.165, 1.54) is 6.42 Å². The summed E-state index contributed by atoms with van der Waals surface area (Å²) < 4.78 is 0. The van der Waals surface area contributed by atoms with E-state index in [0.29, 0.717) is 0 Å². The highest BCUT2D eigenvalue weighted by Crippen LogP contribution is 2.14. The summed E-state index contributed by atoms with van der Waals surface area (Å²) in [6.45, 7) is 10.1. The average Bonchev–Trinajstić information content (AvgIpc) is 1.90. The zero-order valence-corrected chi connectivity index (χ0v) is 7.90. The number of carbonyl (C=O) groups is 1. The normalized spacial score (nSPS) is 9.70. The molecule has 0 spiro atoms. The Kier molecular flexibility index (Phi) is 8.38. The third-order valence-corrected chi connectivity index (χ3v) is 1.23. The van der Waals surface area contributed by atoms with Gasteiger partial charge in [0.1, 0.15) is 6.29 Å². The summed E-state index contributed by atoms with van der Waals surface area (Å²) in [7, 11) is 0. The van der Waals surface area contributed by atoms with Crippen LogP contribution in [0.15, 0.2) is 0 Å². The summed E-state index contributed by atoms with van der Waals surface area (Å²) in [5, 5.41) is 0. The van der Waals surface area contributed by atoms with Crippen LogP contribution in [0.2, 0.25) is 0 Å². The smallest absolute Gasteiger partial charge is 0.125 e. The molecule has 1 heteroatoms. The molecule has 0 unspecified atom stereocenters. The Morgan fingerprint density at radius 2 is 1.50 bits per heavy atom. The Balaban J connectivity index is 0. The number of rotatable bonds is 2. The van der Waals surface area contributed by atoms with Gasteiger partial charge in [0.05, 0.1) is 0 Å². The van der Waals surface area contributed by atoms with Crippen LogP contribution in [-0.4, -0.2) is 6.29 Å². The van der Waals surface area contributed by atoms with Gasteiger partial charge in [-0.1, -0.05) is 41.0 Å². The first-order valence-corrected chi connectivity index (χ1v) is 4.00. The van der Waals surface area contributed by atoms with Crippen LogP contribution >= 0.6 is 0 Å². The van der Waals surface area contributed by atoms with Gasteiger partial charge in [-0.05, 0) is 6.42 Å². The van der Waals surface area contributed by atoms with Crippen LogP contribution in [0.4, 0.5) is 0 Å². The molecule has 1 nitrogen and oxygen atoms in total. The molecular formula is C9H20O. The molecule has 0 radical (unpaired) electrons. The van der Waals surface area contributed by atoms with Gasteiger partial charge in [0.2, 0.25) is 0 Å². The van der Waals surface area contributed by atoms with Crippen molar-refractivity contribution in [1.82, 2.24) is 0 Å². The van der Waals surface area contributed by atoms with E-state index in [0.717, 1.165) is 12.7 Å². The first-order valence-electron chi connectivity index (χ1n) is 4.00. The largest absolute Gasteiger partial charge is 0.303 e. The van der Waals surface area contributed by atoms with Gasteiger partial charge in [-0.2, -0.15) is 0 Å². The molecule has 0 heterocycles. The second kappa shape index (κ2) is 6.79. The maximum Gasteiger partial charge on any atom is 0.125 e. The summed E-state index contributed by atoms with van der Waals surface area (Å²) in [6.07, 6.45) is 3.17. The van der Waals surface area contributed by atoms with Crippen LogP contribution in [0.25, 0.3) is 0 Å². The van der Waals surface area contributed by atoms with E-state index in [1.54, 1.807) is 0 Å². The maximum atomic E-state index is 10.1. The van der Waals surface area contributed by atoms with Crippen LogP contribution < -0.4 is 0 Å². The quantitative estimate of drug-likeness (QED) is 0.544. The number of aldehydes is 1. The lowest BCUT2D eigenvalue weighted by molar-refractivity contribution is -0.114. The van der Waals surface area contributed by atoms with Gasteiger partial charge in [-0.15, -0.1) is 0 Å². The van der Waals surface area contributed by atoms with E-state index in [1.807, 2.05) is 20.8 Å². The van der Waals surface area contributed by atoms with E-state index in [9.17, 15) is 4.79 Å². The Morgan fingerprint density at radius 1 is 1.20 bits per heavy atom. The van der Waals surface area contributed by atoms with Crippen molar-refractivity contribution in [3.63, 3.8) is 0 Å². The van der Waals surface area contributed by atoms with Crippen molar-refractivity contribution in [2.75, 3.05) is 0 Å². The lowest BCUT2D eigenvalue weighted by Gasteiger charge is -2.10. The molecule has 0 N–H and O–H groups in total. The van der Waals surface area contributed by atoms with Crippen molar-refractivity contribution in [3.8, 4) is 0 Å².